The first kappa shape index (κ1) is 16.6. The highest BCUT2D eigenvalue weighted by molar-refractivity contribution is 7.92. The van der Waals surface area contributed by atoms with Crippen LogP contribution in [-0.2, 0) is 10.0 Å². The number of phenols is 2. The molecule has 0 aromatic heterocycles. The van der Waals surface area contributed by atoms with Crippen LogP contribution in [0.25, 0.3) is 0 Å². The normalized spacial score (nSPS) is 11.4. The lowest BCUT2D eigenvalue weighted by Gasteiger charge is -2.09. The molecule has 0 heterocycles. The predicted octanol–water partition coefficient (Wildman–Crippen LogP) is 3.20. The Bertz CT molecular complexity index is 514. The summed E-state index contributed by atoms with van der Waals surface area (Å²) in [4.78, 5) is 0. The molecule has 3 N–H and O–H groups in total. The van der Waals surface area contributed by atoms with Crippen LogP contribution in [0.15, 0.2) is 18.2 Å². The zero-order chi connectivity index (χ0) is 15.0. The zero-order valence-electron chi connectivity index (χ0n) is 11.8. The summed E-state index contributed by atoms with van der Waals surface area (Å²) in [6.45, 7) is 2.14. The molecule has 0 aliphatic heterocycles. The van der Waals surface area contributed by atoms with Gasteiger partial charge in [-0.2, -0.15) is 0 Å². The van der Waals surface area contributed by atoms with E-state index in [4.69, 9.17) is 5.11 Å². The van der Waals surface area contributed by atoms with Gasteiger partial charge in [-0.1, -0.05) is 39.0 Å². The van der Waals surface area contributed by atoms with E-state index in [0.717, 1.165) is 25.3 Å². The Balaban J connectivity index is 2.41. The number of aromatic hydroxyl groups is 2. The molecule has 6 heteroatoms. The summed E-state index contributed by atoms with van der Waals surface area (Å²) in [5.41, 5.74) is 0.0915. The van der Waals surface area contributed by atoms with Gasteiger partial charge in [0.15, 0.2) is 0 Å². The van der Waals surface area contributed by atoms with Gasteiger partial charge in [0, 0.05) is 6.07 Å². The second-order valence-electron chi connectivity index (χ2n) is 4.89. The molecule has 0 amide bonds. The van der Waals surface area contributed by atoms with E-state index in [9.17, 15) is 13.5 Å². The quantitative estimate of drug-likeness (QED) is 0.371. The smallest absolute Gasteiger partial charge is 0.232 e. The lowest BCUT2D eigenvalue weighted by molar-refractivity contribution is 0.452. The van der Waals surface area contributed by atoms with Crippen molar-refractivity contribution in [2.45, 2.75) is 45.4 Å². The van der Waals surface area contributed by atoms with Crippen molar-refractivity contribution in [1.29, 1.82) is 0 Å². The fraction of sp³-hybridized carbons (Fsp3) is 0.571. The van der Waals surface area contributed by atoms with Crippen LogP contribution in [0.4, 0.5) is 5.69 Å². The molecule has 0 atom stereocenters. The summed E-state index contributed by atoms with van der Waals surface area (Å²) >= 11 is 0. The van der Waals surface area contributed by atoms with Crippen molar-refractivity contribution in [2.24, 2.45) is 0 Å². The molecular formula is C14H23NO4S. The number of unbranched alkanes of at least 4 members (excludes halogenated alkanes) is 5. The van der Waals surface area contributed by atoms with Crippen LogP contribution in [0.5, 0.6) is 11.5 Å². The van der Waals surface area contributed by atoms with Gasteiger partial charge in [0.2, 0.25) is 10.0 Å². The Kier molecular flexibility index (Phi) is 6.64. The standard InChI is InChI=1S/C14H23NO4S/c1-2-3-4-5-6-7-10-20(18,19)15-13-9-8-12(16)11-14(13)17/h8-9,11,15-17H,2-7,10H2,1H3. The fourth-order valence-corrected chi connectivity index (χ4v) is 3.09. The number of hydrogen-bond donors (Lipinski definition) is 3. The van der Waals surface area contributed by atoms with E-state index in [1.807, 2.05) is 0 Å². The summed E-state index contributed by atoms with van der Waals surface area (Å²) in [6.07, 6.45) is 6.04. The molecule has 5 nitrogen and oxygen atoms in total. The maximum Gasteiger partial charge on any atom is 0.232 e. The van der Waals surface area contributed by atoms with Crippen LogP contribution < -0.4 is 4.72 Å². The number of phenolic OH excluding ortho intramolecular Hbond substituents is 2. The molecule has 20 heavy (non-hydrogen) atoms. The van der Waals surface area contributed by atoms with E-state index in [2.05, 4.69) is 11.6 Å². The largest absolute Gasteiger partial charge is 0.508 e. The van der Waals surface area contributed by atoms with Gasteiger partial charge >= 0.3 is 0 Å². The molecule has 0 aliphatic carbocycles. The van der Waals surface area contributed by atoms with Crippen LogP contribution in [0.1, 0.15) is 45.4 Å². The second-order valence-corrected chi connectivity index (χ2v) is 6.73. The maximum absolute atomic E-state index is 11.8. The van der Waals surface area contributed by atoms with Crippen LogP contribution in [0.2, 0.25) is 0 Å². The van der Waals surface area contributed by atoms with Crippen molar-refractivity contribution in [1.82, 2.24) is 0 Å². The molecule has 0 radical (unpaired) electrons. The Morgan fingerprint density at radius 2 is 1.70 bits per heavy atom. The average Bonchev–Trinajstić information content (AvgIpc) is 2.37. The fourth-order valence-electron chi connectivity index (χ4n) is 1.90. The van der Waals surface area contributed by atoms with Gasteiger partial charge < -0.3 is 10.2 Å². The lowest BCUT2D eigenvalue weighted by atomic mass is 10.1. The van der Waals surface area contributed by atoms with Crippen molar-refractivity contribution >= 4 is 15.7 Å². The molecular weight excluding hydrogens is 278 g/mol. The Hall–Kier alpha value is -1.43. The van der Waals surface area contributed by atoms with Crippen LogP contribution in [0, 0.1) is 0 Å². The SMILES string of the molecule is CCCCCCCCS(=O)(=O)Nc1ccc(O)cc1O. The highest BCUT2D eigenvalue weighted by Crippen LogP contribution is 2.28. The van der Waals surface area contributed by atoms with Crippen LogP contribution >= 0.6 is 0 Å². The Labute approximate surface area is 120 Å². The van der Waals surface area contributed by atoms with Gasteiger partial charge in [0.05, 0.1) is 11.4 Å². The summed E-state index contributed by atoms with van der Waals surface area (Å²) in [5.74, 6) is -0.350. The monoisotopic (exact) mass is 301 g/mol. The maximum atomic E-state index is 11.8. The van der Waals surface area contributed by atoms with E-state index in [0.29, 0.717) is 6.42 Å². The first-order valence-corrected chi connectivity index (χ1v) is 8.62. The van der Waals surface area contributed by atoms with Crippen molar-refractivity contribution in [3.63, 3.8) is 0 Å². The third-order valence-electron chi connectivity index (χ3n) is 3.01. The van der Waals surface area contributed by atoms with E-state index < -0.39 is 10.0 Å². The van der Waals surface area contributed by atoms with Gasteiger partial charge in [-0.25, -0.2) is 8.42 Å². The number of anilines is 1. The molecule has 0 spiro atoms. The minimum atomic E-state index is -3.45. The number of nitrogens with one attached hydrogen (secondary N) is 1. The third-order valence-corrected chi connectivity index (χ3v) is 4.37. The molecule has 1 aromatic carbocycles. The summed E-state index contributed by atoms with van der Waals surface area (Å²) in [6, 6.07) is 3.76. The van der Waals surface area contributed by atoms with Gasteiger partial charge in [-0.05, 0) is 18.6 Å². The first-order valence-electron chi connectivity index (χ1n) is 6.97. The topological polar surface area (TPSA) is 86.6 Å². The van der Waals surface area contributed by atoms with E-state index in [-0.39, 0.29) is 22.9 Å². The average molecular weight is 301 g/mol. The predicted molar refractivity (Wildman–Crippen MR) is 80.6 cm³/mol. The molecule has 1 aromatic rings. The molecule has 114 valence electrons. The van der Waals surface area contributed by atoms with Crippen LogP contribution in [-0.4, -0.2) is 24.4 Å². The van der Waals surface area contributed by atoms with Gasteiger partial charge in [0.1, 0.15) is 11.5 Å². The number of benzene rings is 1. The molecule has 0 saturated heterocycles. The molecule has 0 fully saturated rings. The number of sulfonamides is 1. The lowest BCUT2D eigenvalue weighted by Crippen LogP contribution is -2.16. The molecule has 0 aliphatic rings. The van der Waals surface area contributed by atoms with Crippen LogP contribution in [0.3, 0.4) is 0 Å². The Morgan fingerprint density at radius 3 is 2.35 bits per heavy atom. The third kappa shape index (κ3) is 6.14. The van der Waals surface area contributed by atoms with Gasteiger partial charge in [0.25, 0.3) is 0 Å². The highest BCUT2D eigenvalue weighted by Gasteiger charge is 2.12. The van der Waals surface area contributed by atoms with E-state index >= 15 is 0 Å². The second kappa shape index (κ2) is 7.99. The highest BCUT2D eigenvalue weighted by atomic mass is 32.2. The van der Waals surface area contributed by atoms with Gasteiger partial charge in [-0.3, -0.25) is 4.72 Å². The minimum absolute atomic E-state index is 0.0411. The zero-order valence-corrected chi connectivity index (χ0v) is 12.6. The minimum Gasteiger partial charge on any atom is -0.508 e. The first-order chi connectivity index (χ1) is 9.44. The molecule has 0 saturated carbocycles. The van der Waals surface area contributed by atoms with Crippen molar-refractivity contribution in [2.75, 3.05) is 10.5 Å². The van der Waals surface area contributed by atoms with Crippen molar-refractivity contribution in [3.05, 3.63) is 18.2 Å². The van der Waals surface area contributed by atoms with Gasteiger partial charge in [-0.15, -0.1) is 0 Å². The number of hydrogen-bond acceptors (Lipinski definition) is 4. The Morgan fingerprint density at radius 1 is 1.05 bits per heavy atom. The van der Waals surface area contributed by atoms with E-state index in [1.165, 1.54) is 25.0 Å². The summed E-state index contributed by atoms with van der Waals surface area (Å²) < 4.78 is 26.0. The summed E-state index contributed by atoms with van der Waals surface area (Å²) in [7, 11) is -3.45. The molecule has 0 unspecified atom stereocenters. The summed E-state index contributed by atoms with van der Waals surface area (Å²) in [5, 5.41) is 18.7. The number of rotatable bonds is 9. The molecule has 1 rings (SSSR count). The van der Waals surface area contributed by atoms with Crippen molar-refractivity contribution in [3.8, 4) is 11.5 Å². The van der Waals surface area contributed by atoms with E-state index in [1.54, 1.807) is 0 Å². The molecule has 0 bridgehead atoms. The van der Waals surface area contributed by atoms with Crippen molar-refractivity contribution < 1.29 is 18.6 Å².